The Bertz CT molecular complexity index is 1270. The van der Waals surface area contributed by atoms with Crippen molar-refractivity contribution in [2.75, 3.05) is 10.7 Å². The first kappa shape index (κ1) is 27.5. The highest BCUT2D eigenvalue weighted by Crippen LogP contribution is 2.33. The van der Waals surface area contributed by atoms with Crippen molar-refractivity contribution in [2.45, 2.75) is 63.7 Å². The van der Waals surface area contributed by atoms with Crippen molar-refractivity contribution in [1.82, 2.24) is 10.6 Å². The predicted molar refractivity (Wildman–Crippen MR) is 137 cm³/mol. The van der Waals surface area contributed by atoms with Gasteiger partial charge in [0.1, 0.15) is 11.6 Å². The van der Waals surface area contributed by atoms with E-state index in [1.165, 1.54) is 23.1 Å². The number of ether oxygens (including phenoxy) is 1. The molecule has 0 fully saturated rings. The zero-order valence-electron chi connectivity index (χ0n) is 20.8. The number of fused-ring (bicyclic) bond motifs is 1. The van der Waals surface area contributed by atoms with Crippen LogP contribution in [-0.2, 0) is 25.9 Å². The van der Waals surface area contributed by atoms with Crippen LogP contribution < -0.4 is 15.5 Å². The van der Waals surface area contributed by atoms with E-state index in [4.69, 9.17) is 16.3 Å². The first-order valence-corrected chi connectivity index (χ1v) is 13.4. The molecular weight excluding hydrogens is 506 g/mol. The number of nitrogens with one attached hydrogen (secondary N) is 2. The number of sulfone groups is 1. The van der Waals surface area contributed by atoms with Crippen molar-refractivity contribution in [2.24, 2.45) is 0 Å². The molecule has 0 saturated heterocycles. The number of hydrogen-bond acceptors (Lipinski definition) is 6. The fraction of sp³-hybridized carbons (Fsp3) is 0.400. The van der Waals surface area contributed by atoms with Gasteiger partial charge in [-0.15, -0.1) is 0 Å². The van der Waals surface area contributed by atoms with Crippen LogP contribution in [0.1, 0.15) is 50.5 Å². The molecule has 0 bridgehead atoms. The lowest BCUT2D eigenvalue weighted by Gasteiger charge is -2.27. The quantitative estimate of drug-likeness (QED) is 0.602. The third kappa shape index (κ3) is 6.76. The van der Waals surface area contributed by atoms with Crippen LogP contribution in [0.3, 0.4) is 0 Å². The average molecular weight is 536 g/mol. The number of hydrogen-bond donors (Lipinski definition) is 2. The Morgan fingerprint density at radius 2 is 1.78 bits per heavy atom. The van der Waals surface area contributed by atoms with E-state index in [-0.39, 0.29) is 28.7 Å². The largest absolute Gasteiger partial charge is 0.444 e. The summed E-state index contributed by atoms with van der Waals surface area (Å²) in [5.74, 6) is -1.72. The normalized spacial score (nSPS) is 17.2. The molecule has 1 aliphatic heterocycles. The number of carbonyl (C=O) groups is 3. The van der Waals surface area contributed by atoms with Gasteiger partial charge in [-0.05, 0) is 70.5 Å². The third-order valence-corrected chi connectivity index (χ3v) is 7.20. The Morgan fingerprint density at radius 3 is 2.36 bits per heavy atom. The van der Waals surface area contributed by atoms with Gasteiger partial charge in [0.05, 0.1) is 22.9 Å². The molecule has 2 N–H and O–H groups in total. The van der Waals surface area contributed by atoms with E-state index in [0.29, 0.717) is 10.6 Å². The summed E-state index contributed by atoms with van der Waals surface area (Å²) < 4.78 is 31.9. The molecule has 0 aliphatic carbocycles. The Kier molecular flexibility index (Phi) is 8.00. The number of amides is 3. The summed E-state index contributed by atoms with van der Waals surface area (Å²) in [6.45, 7) is 8.56. The van der Waals surface area contributed by atoms with E-state index in [1.54, 1.807) is 58.9 Å². The molecule has 0 radical (unpaired) electrons. The van der Waals surface area contributed by atoms with Gasteiger partial charge < -0.3 is 20.3 Å². The summed E-state index contributed by atoms with van der Waals surface area (Å²) in [7, 11) is -4.03. The second-order valence-electron chi connectivity index (χ2n) is 9.84. The van der Waals surface area contributed by atoms with Crippen molar-refractivity contribution in [3.63, 3.8) is 0 Å². The van der Waals surface area contributed by atoms with Crippen LogP contribution in [0, 0.1) is 0 Å². The minimum atomic E-state index is -4.03. The number of nitrogens with zero attached hydrogens (tertiary/aromatic N) is 1. The Morgan fingerprint density at radius 1 is 1.14 bits per heavy atom. The Labute approximate surface area is 216 Å². The monoisotopic (exact) mass is 535 g/mol. The molecule has 194 valence electrons. The highest BCUT2D eigenvalue weighted by Gasteiger charge is 2.39. The van der Waals surface area contributed by atoms with E-state index < -0.39 is 45.1 Å². The molecule has 0 saturated carbocycles. The lowest BCUT2D eigenvalue weighted by atomic mass is 10.1. The van der Waals surface area contributed by atoms with Crippen LogP contribution in [0.5, 0.6) is 0 Å². The molecule has 3 amide bonds. The van der Waals surface area contributed by atoms with E-state index in [1.807, 2.05) is 0 Å². The number of alkyl carbamates (subject to hydrolysis) is 1. The minimum absolute atomic E-state index is 0.0136. The Hall–Kier alpha value is -3.11. The smallest absolute Gasteiger partial charge is 0.408 e. The first-order chi connectivity index (χ1) is 16.7. The number of carbonyl (C=O) groups excluding carboxylic acids is 3. The van der Waals surface area contributed by atoms with Crippen molar-refractivity contribution in [3.05, 3.63) is 58.6 Å². The van der Waals surface area contributed by atoms with Gasteiger partial charge in [-0.1, -0.05) is 23.7 Å². The summed E-state index contributed by atoms with van der Waals surface area (Å²) in [6.07, 6.45) is -0.912. The van der Waals surface area contributed by atoms with Crippen LogP contribution >= 0.6 is 11.6 Å². The molecule has 0 unspecified atom stereocenters. The zero-order chi connectivity index (χ0) is 26.8. The topological polar surface area (TPSA) is 122 Å². The SMILES string of the molecule is CC(C)NC(=O)c1ccc2c(c1)N(Cc1ccc(Cl)cc1)C(=O)[C@@H](NC(=O)OC(C)(C)C)CS2(=O)=O. The molecule has 0 spiro atoms. The Balaban J connectivity index is 2.10. The maximum Gasteiger partial charge on any atom is 0.408 e. The van der Waals surface area contributed by atoms with E-state index >= 15 is 0 Å². The lowest BCUT2D eigenvalue weighted by Crippen LogP contribution is -2.51. The minimum Gasteiger partial charge on any atom is -0.444 e. The van der Waals surface area contributed by atoms with Crippen LogP contribution in [0.2, 0.25) is 5.02 Å². The average Bonchev–Trinajstić information content (AvgIpc) is 2.82. The first-order valence-electron chi connectivity index (χ1n) is 11.4. The van der Waals surface area contributed by atoms with Crippen molar-refractivity contribution in [3.8, 4) is 0 Å². The molecule has 0 aromatic heterocycles. The molecule has 1 aliphatic rings. The number of rotatable bonds is 5. The molecule has 11 heteroatoms. The summed E-state index contributed by atoms with van der Waals surface area (Å²) >= 11 is 5.99. The molecule has 2 aromatic rings. The van der Waals surface area contributed by atoms with Crippen molar-refractivity contribution >= 4 is 45.0 Å². The predicted octanol–water partition coefficient (Wildman–Crippen LogP) is 3.69. The second kappa shape index (κ2) is 10.5. The van der Waals surface area contributed by atoms with Crippen LogP contribution in [-0.4, -0.2) is 49.8 Å². The van der Waals surface area contributed by atoms with Gasteiger partial charge >= 0.3 is 6.09 Å². The number of anilines is 1. The van der Waals surface area contributed by atoms with E-state index in [9.17, 15) is 22.8 Å². The van der Waals surface area contributed by atoms with Crippen molar-refractivity contribution < 1.29 is 27.5 Å². The molecule has 36 heavy (non-hydrogen) atoms. The third-order valence-electron chi connectivity index (χ3n) is 5.16. The zero-order valence-corrected chi connectivity index (χ0v) is 22.4. The van der Waals surface area contributed by atoms with Crippen LogP contribution in [0.25, 0.3) is 0 Å². The fourth-order valence-electron chi connectivity index (χ4n) is 3.65. The standard InChI is InChI=1S/C25H30ClN3O6S/c1-15(2)27-22(30)17-8-11-21-20(12-17)29(13-16-6-9-18(26)10-7-16)23(31)19(14-36(21,33)34)28-24(32)35-25(3,4)5/h6-12,15,19H,13-14H2,1-5H3,(H,27,30)(H,28,32)/t19-/m0/s1. The lowest BCUT2D eigenvalue weighted by molar-refractivity contribution is -0.120. The van der Waals surface area contributed by atoms with E-state index in [0.717, 1.165) is 0 Å². The van der Waals surface area contributed by atoms with Gasteiger partial charge in [0, 0.05) is 16.6 Å². The van der Waals surface area contributed by atoms with Crippen LogP contribution in [0.4, 0.5) is 10.5 Å². The van der Waals surface area contributed by atoms with Crippen LogP contribution in [0.15, 0.2) is 47.4 Å². The fourth-order valence-corrected chi connectivity index (χ4v) is 5.39. The van der Waals surface area contributed by atoms with E-state index in [2.05, 4.69) is 10.6 Å². The van der Waals surface area contributed by atoms with Gasteiger partial charge in [-0.25, -0.2) is 13.2 Å². The molecule has 2 aromatic carbocycles. The molecule has 1 atom stereocenters. The van der Waals surface area contributed by atoms with Gasteiger partial charge in [0.2, 0.25) is 0 Å². The molecule has 1 heterocycles. The summed E-state index contributed by atoms with van der Waals surface area (Å²) in [5, 5.41) is 5.67. The molecular formula is C25H30ClN3O6S. The number of benzene rings is 2. The summed E-state index contributed by atoms with van der Waals surface area (Å²) in [5.41, 5.74) is 0.0810. The molecule has 3 rings (SSSR count). The highest BCUT2D eigenvalue weighted by molar-refractivity contribution is 7.91. The number of halogens is 1. The highest BCUT2D eigenvalue weighted by atomic mass is 35.5. The van der Waals surface area contributed by atoms with Gasteiger partial charge in [-0.3, -0.25) is 9.59 Å². The maximum absolute atomic E-state index is 13.7. The summed E-state index contributed by atoms with van der Waals surface area (Å²) in [4.78, 5) is 40.0. The summed E-state index contributed by atoms with van der Waals surface area (Å²) in [6, 6.07) is 9.28. The maximum atomic E-state index is 13.7. The van der Waals surface area contributed by atoms with Gasteiger partial charge in [-0.2, -0.15) is 0 Å². The van der Waals surface area contributed by atoms with Gasteiger partial charge in [0.25, 0.3) is 11.8 Å². The molecule has 9 nitrogen and oxygen atoms in total. The van der Waals surface area contributed by atoms with Gasteiger partial charge in [0.15, 0.2) is 9.84 Å². The van der Waals surface area contributed by atoms with Crippen molar-refractivity contribution in [1.29, 1.82) is 0 Å². The second-order valence-corrected chi connectivity index (χ2v) is 12.3.